The van der Waals surface area contributed by atoms with Crippen LogP contribution in [0.25, 0.3) is 0 Å². The number of hydrogen-bond donors (Lipinski definition) is 3. The molecule has 7 nitrogen and oxygen atoms in total. The number of hydrogen-bond acceptors (Lipinski definition) is 5. The Labute approximate surface area is 118 Å². The van der Waals surface area contributed by atoms with Gasteiger partial charge in [0.2, 0.25) is 17.8 Å². The molecule has 0 fully saturated rings. The zero-order valence-electron chi connectivity index (χ0n) is 12.0. The lowest BCUT2D eigenvalue weighted by Crippen LogP contribution is -2.49. The smallest absolute Gasteiger partial charge is 0.242 e. The minimum Gasteiger partial charge on any atom is -0.353 e. The SMILES string of the molecule is CC(=O)NC(C(=O)NCCNc1ncccn1)C(C)C. The Balaban J connectivity index is 2.32. The molecule has 3 N–H and O–H groups in total. The summed E-state index contributed by atoms with van der Waals surface area (Å²) in [6.07, 6.45) is 3.28. The number of anilines is 1. The van der Waals surface area contributed by atoms with Gasteiger partial charge in [0.1, 0.15) is 6.04 Å². The summed E-state index contributed by atoms with van der Waals surface area (Å²) >= 11 is 0. The van der Waals surface area contributed by atoms with E-state index in [0.29, 0.717) is 19.0 Å². The van der Waals surface area contributed by atoms with Crippen molar-refractivity contribution in [1.82, 2.24) is 20.6 Å². The first kappa shape index (κ1) is 15.9. The highest BCUT2D eigenvalue weighted by molar-refractivity contribution is 5.87. The van der Waals surface area contributed by atoms with Gasteiger partial charge in [-0.25, -0.2) is 9.97 Å². The summed E-state index contributed by atoms with van der Waals surface area (Å²) in [6, 6.07) is 1.22. The van der Waals surface area contributed by atoms with Crippen LogP contribution in [0.5, 0.6) is 0 Å². The summed E-state index contributed by atoms with van der Waals surface area (Å²) < 4.78 is 0. The van der Waals surface area contributed by atoms with E-state index >= 15 is 0 Å². The van der Waals surface area contributed by atoms with E-state index in [1.54, 1.807) is 18.5 Å². The summed E-state index contributed by atoms with van der Waals surface area (Å²) in [7, 11) is 0. The van der Waals surface area contributed by atoms with Gasteiger partial charge >= 0.3 is 0 Å². The second-order valence-corrected chi connectivity index (χ2v) is 4.71. The lowest BCUT2D eigenvalue weighted by molar-refractivity contribution is -0.129. The van der Waals surface area contributed by atoms with Crippen molar-refractivity contribution in [1.29, 1.82) is 0 Å². The van der Waals surface area contributed by atoms with Crippen LogP contribution in [0, 0.1) is 5.92 Å². The Morgan fingerprint density at radius 1 is 1.20 bits per heavy atom. The molecule has 7 heteroatoms. The minimum atomic E-state index is -0.513. The molecule has 0 saturated heterocycles. The number of nitrogens with zero attached hydrogens (tertiary/aromatic N) is 2. The molecule has 1 rings (SSSR count). The molecule has 1 aromatic rings. The van der Waals surface area contributed by atoms with Gasteiger partial charge in [0, 0.05) is 32.4 Å². The third-order valence-electron chi connectivity index (χ3n) is 2.58. The second-order valence-electron chi connectivity index (χ2n) is 4.71. The van der Waals surface area contributed by atoms with E-state index in [4.69, 9.17) is 0 Å². The summed E-state index contributed by atoms with van der Waals surface area (Å²) in [5, 5.41) is 8.39. The third kappa shape index (κ3) is 5.64. The van der Waals surface area contributed by atoms with Crippen LogP contribution < -0.4 is 16.0 Å². The molecule has 0 bridgehead atoms. The van der Waals surface area contributed by atoms with Crippen molar-refractivity contribution in [2.75, 3.05) is 18.4 Å². The molecule has 0 aliphatic rings. The van der Waals surface area contributed by atoms with Gasteiger partial charge in [-0.2, -0.15) is 0 Å². The maximum atomic E-state index is 11.9. The lowest BCUT2D eigenvalue weighted by atomic mass is 10.0. The average molecular weight is 279 g/mol. The number of nitrogens with one attached hydrogen (secondary N) is 3. The highest BCUT2D eigenvalue weighted by atomic mass is 16.2. The van der Waals surface area contributed by atoms with Crippen LogP contribution in [-0.2, 0) is 9.59 Å². The fraction of sp³-hybridized carbons (Fsp3) is 0.538. The number of aromatic nitrogens is 2. The van der Waals surface area contributed by atoms with Crippen LogP contribution in [0.4, 0.5) is 5.95 Å². The minimum absolute atomic E-state index is 0.0318. The molecule has 110 valence electrons. The van der Waals surface area contributed by atoms with Crippen LogP contribution in [0.15, 0.2) is 18.5 Å². The number of amides is 2. The maximum Gasteiger partial charge on any atom is 0.242 e. The van der Waals surface area contributed by atoms with E-state index in [9.17, 15) is 9.59 Å². The molecule has 0 radical (unpaired) electrons. The predicted molar refractivity (Wildman–Crippen MR) is 76.0 cm³/mol. The zero-order chi connectivity index (χ0) is 15.0. The van der Waals surface area contributed by atoms with Crippen molar-refractivity contribution in [3.63, 3.8) is 0 Å². The molecular formula is C13H21N5O2. The molecule has 0 aromatic carbocycles. The fourth-order valence-corrected chi connectivity index (χ4v) is 1.61. The van der Waals surface area contributed by atoms with Gasteiger partial charge in [-0.1, -0.05) is 13.8 Å². The molecule has 20 heavy (non-hydrogen) atoms. The topological polar surface area (TPSA) is 96.0 Å². The van der Waals surface area contributed by atoms with Crippen LogP contribution >= 0.6 is 0 Å². The summed E-state index contributed by atoms with van der Waals surface area (Å²) in [5.41, 5.74) is 0. The van der Waals surface area contributed by atoms with Crippen molar-refractivity contribution < 1.29 is 9.59 Å². The molecule has 0 saturated carbocycles. The van der Waals surface area contributed by atoms with Gasteiger partial charge in [0.15, 0.2) is 0 Å². The largest absolute Gasteiger partial charge is 0.353 e. The van der Waals surface area contributed by atoms with Gasteiger partial charge in [-0.15, -0.1) is 0 Å². The molecule has 1 atom stereocenters. The summed E-state index contributed by atoms with van der Waals surface area (Å²) in [6.45, 7) is 6.12. The van der Waals surface area contributed by atoms with Crippen molar-refractivity contribution in [3.05, 3.63) is 18.5 Å². The first-order chi connectivity index (χ1) is 9.50. The zero-order valence-corrected chi connectivity index (χ0v) is 12.0. The monoisotopic (exact) mass is 279 g/mol. The lowest BCUT2D eigenvalue weighted by Gasteiger charge is -2.20. The van der Waals surface area contributed by atoms with Crippen LogP contribution in [0.1, 0.15) is 20.8 Å². The Hall–Kier alpha value is -2.18. The summed E-state index contributed by atoms with van der Waals surface area (Å²) in [4.78, 5) is 31.0. The van der Waals surface area contributed by atoms with Crippen LogP contribution in [0.3, 0.4) is 0 Å². The second kappa shape index (κ2) is 8.08. The molecule has 1 heterocycles. The molecule has 2 amide bonds. The van der Waals surface area contributed by atoms with Crippen molar-refractivity contribution in [2.45, 2.75) is 26.8 Å². The third-order valence-corrected chi connectivity index (χ3v) is 2.58. The highest BCUT2D eigenvalue weighted by Gasteiger charge is 2.22. The Kier molecular flexibility index (Phi) is 6.42. The van der Waals surface area contributed by atoms with E-state index in [1.165, 1.54) is 6.92 Å². The van der Waals surface area contributed by atoms with E-state index in [-0.39, 0.29) is 17.7 Å². The highest BCUT2D eigenvalue weighted by Crippen LogP contribution is 2.01. The number of carbonyl (C=O) groups excluding carboxylic acids is 2. The standard InChI is InChI=1S/C13H21N5O2/c1-9(2)11(18-10(3)19)12(20)14-7-8-17-13-15-5-4-6-16-13/h4-6,9,11H,7-8H2,1-3H3,(H,14,20)(H,18,19)(H,15,16,17). The average Bonchev–Trinajstić information content (AvgIpc) is 2.41. The normalized spacial score (nSPS) is 11.8. The molecular weight excluding hydrogens is 258 g/mol. The van der Waals surface area contributed by atoms with Crippen molar-refractivity contribution in [2.24, 2.45) is 5.92 Å². The maximum absolute atomic E-state index is 11.9. The van der Waals surface area contributed by atoms with Crippen molar-refractivity contribution >= 4 is 17.8 Å². The van der Waals surface area contributed by atoms with Crippen LogP contribution in [-0.4, -0.2) is 40.9 Å². The van der Waals surface area contributed by atoms with Gasteiger partial charge < -0.3 is 16.0 Å². The quantitative estimate of drug-likeness (QED) is 0.618. The first-order valence-electron chi connectivity index (χ1n) is 6.56. The Morgan fingerprint density at radius 2 is 1.85 bits per heavy atom. The van der Waals surface area contributed by atoms with Gasteiger partial charge in [-0.05, 0) is 12.0 Å². The van der Waals surface area contributed by atoms with E-state index in [2.05, 4.69) is 25.9 Å². The number of carbonyl (C=O) groups is 2. The Bertz CT molecular complexity index is 436. The molecule has 0 spiro atoms. The van der Waals surface area contributed by atoms with Gasteiger partial charge in [0.25, 0.3) is 0 Å². The van der Waals surface area contributed by atoms with E-state index in [1.807, 2.05) is 13.8 Å². The first-order valence-corrected chi connectivity index (χ1v) is 6.56. The van der Waals surface area contributed by atoms with E-state index in [0.717, 1.165) is 0 Å². The number of rotatable bonds is 7. The molecule has 0 aliphatic heterocycles. The van der Waals surface area contributed by atoms with Crippen LogP contribution in [0.2, 0.25) is 0 Å². The summed E-state index contributed by atoms with van der Waals surface area (Å²) in [5.74, 6) is 0.147. The van der Waals surface area contributed by atoms with E-state index < -0.39 is 6.04 Å². The predicted octanol–water partition coefficient (Wildman–Crippen LogP) is 0.165. The Morgan fingerprint density at radius 3 is 2.40 bits per heavy atom. The van der Waals surface area contributed by atoms with Crippen molar-refractivity contribution in [3.8, 4) is 0 Å². The molecule has 0 aliphatic carbocycles. The van der Waals surface area contributed by atoms with Gasteiger partial charge in [-0.3, -0.25) is 9.59 Å². The van der Waals surface area contributed by atoms with Gasteiger partial charge in [0.05, 0.1) is 0 Å². The fourth-order valence-electron chi connectivity index (χ4n) is 1.61. The molecule has 1 unspecified atom stereocenters. The molecule has 1 aromatic heterocycles.